The van der Waals surface area contributed by atoms with E-state index in [0.717, 1.165) is 57.2 Å². The zero-order chi connectivity index (χ0) is 23.7. The van der Waals surface area contributed by atoms with Gasteiger partial charge in [-0.05, 0) is 51.6 Å². The number of carbonyl (C=O) groups is 1. The van der Waals surface area contributed by atoms with E-state index >= 15 is 0 Å². The number of aldehydes is 1. The molecule has 0 rings (SSSR count). The van der Waals surface area contributed by atoms with Gasteiger partial charge in [-0.1, -0.05) is 84.6 Å². The Balaban J connectivity index is 4.27. The van der Waals surface area contributed by atoms with Crippen LogP contribution in [-0.4, -0.2) is 48.6 Å². The van der Waals surface area contributed by atoms with Crippen LogP contribution in [0.15, 0.2) is 12.3 Å². The number of ether oxygens (including phenoxy) is 1. The van der Waals surface area contributed by atoms with Gasteiger partial charge in [-0.15, -0.1) is 0 Å². The van der Waals surface area contributed by atoms with Gasteiger partial charge in [0.25, 0.3) is 0 Å². The largest absolute Gasteiger partial charge is 0.495 e. The quantitative estimate of drug-likeness (QED) is 0.0840. The molecule has 0 aliphatic heterocycles. The van der Waals surface area contributed by atoms with Gasteiger partial charge in [0, 0.05) is 19.4 Å². The fraction of sp³-hybridized carbons (Fsp3) is 0.893. The second kappa shape index (κ2) is 24.8. The molecular weight excluding hydrogens is 398 g/mol. The fourth-order valence-electron chi connectivity index (χ4n) is 4.24. The first-order chi connectivity index (χ1) is 15.7. The molecule has 0 spiro atoms. The van der Waals surface area contributed by atoms with Crippen molar-refractivity contribution in [2.24, 2.45) is 0 Å². The van der Waals surface area contributed by atoms with Crippen molar-refractivity contribution in [2.45, 2.75) is 136 Å². The lowest BCUT2D eigenvalue weighted by molar-refractivity contribution is -0.108. The van der Waals surface area contributed by atoms with Crippen LogP contribution in [0.5, 0.6) is 0 Å². The number of hydrogen-bond donors (Lipinski definition) is 1. The second-order valence-corrected chi connectivity index (χ2v) is 9.37. The van der Waals surface area contributed by atoms with Crippen LogP contribution in [0.4, 0.5) is 0 Å². The summed E-state index contributed by atoms with van der Waals surface area (Å²) in [5.41, 5.74) is 0. The standard InChI is InChI=1S/C28H55NO3/c1-4-6-8-10-12-14-20-28(21-15-13-11-9-7-5-2)32-27(3)19-18-23-29(24-26-31)22-16-17-25-30/h25,28,31H,3-24,26H2,1-2H3. The average molecular weight is 454 g/mol. The minimum absolute atomic E-state index is 0.164. The highest BCUT2D eigenvalue weighted by Crippen LogP contribution is 2.20. The zero-order valence-corrected chi connectivity index (χ0v) is 21.6. The molecule has 0 aliphatic carbocycles. The molecule has 0 aromatic carbocycles. The second-order valence-electron chi connectivity index (χ2n) is 9.37. The normalized spacial score (nSPS) is 11.4. The molecule has 0 saturated heterocycles. The Morgan fingerprint density at radius 3 is 1.88 bits per heavy atom. The van der Waals surface area contributed by atoms with Crippen LogP contribution in [0, 0.1) is 0 Å². The van der Waals surface area contributed by atoms with Gasteiger partial charge in [-0.3, -0.25) is 0 Å². The molecule has 0 atom stereocenters. The molecule has 0 radical (unpaired) electrons. The highest BCUT2D eigenvalue weighted by atomic mass is 16.5. The molecule has 0 unspecified atom stereocenters. The summed E-state index contributed by atoms with van der Waals surface area (Å²) >= 11 is 0. The maximum Gasteiger partial charge on any atom is 0.120 e. The topological polar surface area (TPSA) is 49.8 Å². The molecule has 4 nitrogen and oxygen atoms in total. The lowest BCUT2D eigenvalue weighted by Crippen LogP contribution is -2.29. The Hall–Kier alpha value is -0.870. The van der Waals surface area contributed by atoms with Crippen molar-refractivity contribution in [3.8, 4) is 0 Å². The third kappa shape index (κ3) is 21.0. The number of carbonyl (C=O) groups excluding carboxylic acids is 1. The van der Waals surface area contributed by atoms with Crippen LogP contribution in [0.2, 0.25) is 0 Å². The van der Waals surface area contributed by atoms with Crippen LogP contribution >= 0.6 is 0 Å². The molecule has 0 aromatic rings. The van der Waals surface area contributed by atoms with Gasteiger partial charge >= 0.3 is 0 Å². The highest BCUT2D eigenvalue weighted by Gasteiger charge is 2.12. The molecule has 0 heterocycles. The lowest BCUT2D eigenvalue weighted by Gasteiger charge is -2.23. The van der Waals surface area contributed by atoms with Gasteiger partial charge in [0.15, 0.2) is 0 Å². The van der Waals surface area contributed by atoms with Crippen LogP contribution < -0.4 is 0 Å². The summed E-state index contributed by atoms with van der Waals surface area (Å²) in [6, 6.07) is 0. The molecule has 0 saturated carbocycles. The third-order valence-corrected chi connectivity index (χ3v) is 6.24. The molecule has 4 heteroatoms. The number of hydrogen-bond acceptors (Lipinski definition) is 4. The van der Waals surface area contributed by atoms with E-state index in [1.807, 2.05) is 0 Å². The van der Waals surface area contributed by atoms with Crippen molar-refractivity contribution in [3.63, 3.8) is 0 Å². The molecule has 32 heavy (non-hydrogen) atoms. The Kier molecular flexibility index (Phi) is 24.1. The van der Waals surface area contributed by atoms with Crippen LogP contribution in [-0.2, 0) is 9.53 Å². The lowest BCUT2D eigenvalue weighted by atomic mass is 10.0. The van der Waals surface area contributed by atoms with E-state index in [9.17, 15) is 9.90 Å². The van der Waals surface area contributed by atoms with Crippen molar-refractivity contribution in [3.05, 3.63) is 12.3 Å². The predicted octanol–water partition coefficient (Wildman–Crippen LogP) is 7.44. The van der Waals surface area contributed by atoms with Crippen molar-refractivity contribution in [2.75, 3.05) is 26.2 Å². The first kappa shape index (κ1) is 31.1. The van der Waals surface area contributed by atoms with Crippen LogP contribution in [0.3, 0.4) is 0 Å². The SMILES string of the molecule is C=C(CCCN(CCO)CCCC=O)OC(CCCCCCCC)CCCCCCCC. The van der Waals surface area contributed by atoms with E-state index in [0.29, 0.717) is 19.1 Å². The van der Waals surface area contributed by atoms with E-state index in [4.69, 9.17) is 4.74 Å². The van der Waals surface area contributed by atoms with Gasteiger partial charge < -0.3 is 19.5 Å². The van der Waals surface area contributed by atoms with Crippen molar-refractivity contribution < 1.29 is 14.6 Å². The first-order valence-corrected chi connectivity index (χ1v) is 13.8. The number of allylic oxidation sites excluding steroid dienone is 1. The van der Waals surface area contributed by atoms with E-state index < -0.39 is 0 Å². The molecule has 0 aromatic heterocycles. The van der Waals surface area contributed by atoms with E-state index in [-0.39, 0.29) is 6.61 Å². The van der Waals surface area contributed by atoms with Crippen LogP contribution in [0.25, 0.3) is 0 Å². The van der Waals surface area contributed by atoms with Gasteiger partial charge in [-0.25, -0.2) is 0 Å². The average Bonchev–Trinajstić information content (AvgIpc) is 2.78. The first-order valence-electron chi connectivity index (χ1n) is 13.8. The van der Waals surface area contributed by atoms with Gasteiger partial charge in [0.05, 0.1) is 18.5 Å². The van der Waals surface area contributed by atoms with E-state index in [1.54, 1.807) is 0 Å². The third-order valence-electron chi connectivity index (χ3n) is 6.24. The summed E-state index contributed by atoms with van der Waals surface area (Å²) in [7, 11) is 0. The van der Waals surface area contributed by atoms with Gasteiger partial charge in [0.1, 0.15) is 6.29 Å². The molecule has 190 valence electrons. The minimum atomic E-state index is 0.164. The molecule has 0 amide bonds. The van der Waals surface area contributed by atoms with Crippen LogP contribution in [0.1, 0.15) is 129 Å². The molecular formula is C28H55NO3. The minimum Gasteiger partial charge on any atom is -0.495 e. The summed E-state index contributed by atoms with van der Waals surface area (Å²) in [5.74, 6) is 0.920. The predicted molar refractivity (Wildman–Crippen MR) is 138 cm³/mol. The Bertz CT molecular complexity index is 397. The smallest absolute Gasteiger partial charge is 0.120 e. The van der Waals surface area contributed by atoms with E-state index in [1.165, 1.54) is 77.0 Å². The number of aliphatic hydroxyl groups excluding tert-OH is 1. The molecule has 0 fully saturated rings. The summed E-state index contributed by atoms with van der Waals surface area (Å²) in [5, 5.41) is 9.27. The van der Waals surface area contributed by atoms with Crippen molar-refractivity contribution in [1.82, 2.24) is 4.90 Å². The highest BCUT2D eigenvalue weighted by molar-refractivity contribution is 5.48. The number of unbranched alkanes of at least 4 members (excludes halogenated alkanes) is 11. The van der Waals surface area contributed by atoms with Crippen molar-refractivity contribution in [1.29, 1.82) is 0 Å². The molecule has 1 N–H and O–H groups in total. The Labute approximate surface area is 200 Å². The maximum absolute atomic E-state index is 10.5. The maximum atomic E-state index is 10.5. The number of aliphatic hydroxyl groups is 1. The van der Waals surface area contributed by atoms with E-state index in [2.05, 4.69) is 25.3 Å². The summed E-state index contributed by atoms with van der Waals surface area (Å²) in [6.45, 7) is 11.4. The molecule has 0 bridgehead atoms. The number of rotatable bonds is 26. The fourth-order valence-corrected chi connectivity index (χ4v) is 4.24. The Morgan fingerprint density at radius 2 is 1.34 bits per heavy atom. The zero-order valence-electron chi connectivity index (χ0n) is 21.6. The summed E-state index contributed by atoms with van der Waals surface area (Å²) in [6.07, 6.45) is 22.8. The Morgan fingerprint density at radius 1 is 0.812 bits per heavy atom. The molecule has 0 aliphatic rings. The van der Waals surface area contributed by atoms with Crippen molar-refractivity contribution >= 4 is 6.29 Å². The monoisotopic (exact) mass is 453 g/mol. The van der Waals surface area contributed by atoms with Gasteiger partial charge in [-0.2, -0.15) is 0 Å². The number of nitrogens with zero attached hydrogens (tertiary/aromatic N) is 1. The summed E-state index contributed by atoms with van der Waals surface area (Å²) < 4.78 is 6.34. The van der Waals surface area contributed by atoms with Gasteiger partial charge in [0.2, 0.25) is 0 Å². The summed E-state index contributed by atoms with van der Waals surface area (Å²) in [4.78, 5) is 12.8.